The van der Waals surface area contributed by atoms with Gasteiger partial charge in [-0.05, 0) is 60.6 Å². The summed E-state index contributed by atoms with van der Waals surface area (Å²) in [6.45, 7) is 2.20. The van der Waals surface area contributed by atoms with Gasteiger partial charge in [0.25, 0.3) is 0 Å². The van der Waals surface area contributed by atoms with Gasteiger partial charge in [-0.15, -0.1) is 17.0 Å². The Morgan fingerprint density at radius 2 is 1.31 bits per heavy atom. The van der Waals surface area contributed by atoms with Gasteiger partial charge in [0.1, 0.15) is 5.58 Å². The lowest BCUT2D eigenvalue weighted by molar-refractivity contribution is 0.616. The molecule has 0 aliphatic rings. The summed E-state index contributed by atoms with van der Waals surface area (Å²) < 4.78 is 5.11. The Labute approximate surface area is 200 Å². The second-order valence-corrected chi connectivity index (χ2v) is 9.26. The van der Waals surface area contributed by atoms with Crippen molar-refractivity contribution in [3.05, 3.63) is 127 Å². The van der Waals surface area contributed by atoms with Crippen LogP contribution in [0.1, 0.15) is 11.1 Å². The van der Waals surface area contributed by atoms with Gasteiger partial charge >= 0.3 is 0 Å². The molecule has 0 unspecified atom stereocenters. The van der Waals surface area contributed by atoms with Gasteiger partial charge in [-0.1, -0.05) is 84.9 Å². The van der Waals surface area contributed by atoms with Gasteiger partial charge in [0.2, 0.25) is 0 Å². The molecule has 0 aliphatic heterocycles. The molecular weight excluding hydrogens is 477 g/mol. The topological polar surface area (TPSA) is 36.9 Å². The molecular formula is C28H23BrNOP. The number of nitrogens with zero attached hydrogens (tertiary/aromatic N) is 1. The van der Waals surface area contributed by atoms with Crippen molar-refractivity contribution in [3.63, 3.8) is 0 Å². The quantitative estimate of drug-likeness (QED) is 0.261. The van der Waals surface area contributed by atoms with Gasteiger partial charge in [-0.25, -0.2) is 0 Å². The summed E-state index contributed by atoms with van der Waals surface area (Å²) >= 11 is 0. The fourth-order valence-electron chi connectivity index (χ4n) is 3.42. The summed E-state index contributed by atoms with van der Waals surface area (Å²) in [4.78, 5) is 0. The Bertz CT molecular complexity index is 1270. The molecule has 0 aliphatic carbocycles. The molecule has 0 atom stereocenters. The lowest BCUT2D eigenvalue weighted by Gasteiger charge is -2.21. The van der Waals surface area contributed by atoms with Gasteiger partial charge in [-0.2, -0.15) is 5.26 Å². The molecule has 158 valence electrons. The molecule has 0 saturated carbocycles. The fraction of sp³-hybridized carbons (Fsp3) is 0.0357. The zero-order chi connectivity index (χ0) is 21.5. The number of rotatable bonds is 3. The number of nitriles is 1. The third-order valence-electron chi connectivity index (χ3n) is 4.97. The summed E-state index contributed by atoms with van der Waals surface area (Å²) in [5.41, 5.74) is 2.77. The molecule has 0 amide bonds. The normalized spacial score (nSPS) is 10.0. The molecule has 0 fully saturated rings. The van der Waals surface area contributed by atoms with E-state index < -0.39 is 7.92 Å². The first kappa shape index (κ1) is 23.5. The second-order valence-electron chi connectivity index (χ2n) is 7.08. The molecule has 0 radical (unpaired) electrons. The molecule has 1 heterocycles. The molecule has 2 nitrogen and oxygen atoms in total. The molecule has 5 aromatic rings. The Hall–Kier alpha value is -3.18. The van der Waals surface area contributed by atoms with Crippen LogP contribution in [-0.4, -0.2) is 0 Å². The lowest BCUT2D eigenvalue weighted by Crippen LogP contribution is -2.22. The maximum Gasteiger partial charge on any atom is 0.135 e. The van der Waals surface area contributed by atoms with Gasteiger partial charge in [0.05, 0.1) is 17.9 Å². The van der Waals surface area contributed by atoms with E-state index in [1.165, 1.54) is 21.5 Å². The van der Waals surface area contributed by atoms with Crippen molar-refractivity contribution in [3.8, 4) is 6.07 Å². The predicted molar refractivity (Wildman–Crippen MR) is 141 cm³/mol. The number of fused-ring (bicyclic) bond motifs is 1. The minimum absolute atomic E-state index is 0. The average Bonchev–Trinajstić information content (AvgIpc) is 3.30. The smallest absolute Gasteiger partial charge is 0.135 e. The fourth-order valence-corrected chi connectivity index (χ4v) is 5.88. The van der Waals surface area contributed by atoms with Crippen LogP contribution in [0.2, 0.25) is 0 Å². The molecule has 0 N–H and O–H groups in total. The van der Waals surface area contributed by atoms with E-state index in [1.807, 2.05) is 18.2 Å². The van der Waals surface area contributed by atoms with E-state index in [2.05, 4.69) is 91.9 Å². The second kappa shape index (κ2) is 11.4. The maximum atomic E-state index is 8.54. The Morgan fingerprint density at radius 3 is 1.91 bits per heavy atom. The van der Waals surface area contributed by atoms with Crippen LogP contribution in [0.25, 0.3) is 11.0 Å². The van der Waals surface area contributed by atoms with Crippen molar-refractivity contribution in [2.24, 2.45) is 0 Å². The summed E-state index contributed by atoms with van der Waals surface area (Å²) in [6, 6.07) is 39.7. The maximum absolute atomic E-state index is 8.54. The highest BCUT2D eigenvalue weighted by Crippen LogP contribution is 2.33. The molecule has 4 aromatic carbocycles. The van der Waals surface area contributed by atoms with Gasteiger partial charge in [0, 0.05) is 5.39 Å². The van der Waals surface area contributed by atoms with E-state index in [0.29, 0.717) is 5.56 Å². The highest BCUT2D eigenvalue weighted by molar-refractivity contribution is 8.93. The number of hydrogen-bond acceptors (Lipinski definition) is 2. The Balaban J connectivity index is 0.000000204. The van der Waals surface area contributed by atoms with E-state index in [9.17, 15) is 0 Å². The van der Waals surface area contributed by atoms with Crippen LogP contribution in [0.3, 0.4) is 0 Å². The summed E-state index contributed by atoms with van der Waals surface area (Å²) in [7, 11) is -0.467. The van der Waals surface area contributed by atoms with Crippen molar-refractivity contribution in [1.29, 1.82) is 5.26 Å². The first-order chi connectivity index (χ1) is 15.3. The predicted octanol–water partition coefficient (Wildman–Crippen LogP) is 6.64. The number of aryl methyl sites for hydroxylation is 1. The van der Waals surface area contributed by atoms with E-state index in [4.69, 9.17) is 9.68 Å². The van der Waals surface area contributed by atoms with Crippen LogP contribution < -0.4 is 15.9 Å². The van der Waals surface area contributed by atoms with E-state index >= 15 is 0 Å². The minimum Gasteiger partial charge on any atom is -0.464 e. The molecule has 4 heteroatoms. The lowest BCUT2D eigenvalue weighted by atomic mass is 10.2. The molecule has 1 aromatic heterocycles. The average molecular weight is 500 g/mol. The number of furan rings is 1. The third-order valence-corrected chi connectivity index (χ3v) is 7.58. The van der Waals surface area contributed by atoms with Gasteiger partial charge < -0.3 is 4.42 Å². The van der Waals surface area contributed by atoms with Gasteiger partial charge in [-0.3, -0.25) is 0 Å². The van der Waals surface area contributed by atoms with Crippen molar-refractivity contribution in [1.82, 2.24) is 0 Å². The van der Waals surface area contributed by atoms with Crippen LogP contribution >= 0.6 is 24.9 Å². The highest BCUT2D eigenvalue weighted by Gasteiger charge is 2.17. The van der Waals surface area contributed by atoms with E-state index in [-0.39, 0.29) is 17.0 Å². The summed E-state index contributed by atoms with van der Waals surface area (Å²) in [6.07, 6.45) is 1.62. The van der Waals surface area contributed by atoms with Crippen LogP contribution in [0, 0.1) is 18.3 Å². The first-order valence-corrected chi connectivity index (χ1v) is 11.4. The number of hydrogen-bond donors (Lipinski definition) is 0. The van der Waals surface area contributed by atoms with Crippen LogP contribution in [0.5, 0.6) is 0 Å². The largest absolute Gasteiger partial charge is 0.464 e. The third kappa shape index (κ3) is 5.54. The number of halogens is 1. The van der Waals surface area contributed by atoms with Crippen molar-refractivity contribution in [2.75, 3.05) is 0 Å². The molecule has 0 saturated heterocycles. The molecule has 0 spiro atoms. The first-order valence-electron chi connectivity index (χ1n) is 10.1. The molecule has 0 bridgehead atoms. The van der Waals surface area contributed by atoms with E-state index in [0.717, 1.165) is 11.0 Å². The van der Waals surface area contributed by atoms with Crippen LogP contribution in [0.4, 0.5) is 0 Å². The standard InChI is InChI=1S/C19H17P.C9H5NO.BrH/c1-16-10-8-9-15-19(16)20(17-11-4-2-5-12-17)18-13-6-3-7-14-18;10-6-7-1-2-8-3-4-11-9(8)5-7;/h2-15H,1H3;1-5H;1H. The SMILES string of the molecule is Br.Cc1ccccc1P(c1ccccc1)c1ccccc1.N#Cc1ccc2ccoc2c1. The highest BCUT2D eigenvalue weighted by atomic mass is 79.9. The zero-order valence-corrected chi connectivity index (χ0v) is 20.3. The zero-order valence-electron chi connectivity index (χ0n) is 17.7. The van der Waals surface area contributed by atoms with Crippen LogP contribution in [0.15, 0.2) is 120 Å². The Kier molecular flexibility index (Phi) is 8.40. The van der Waals surface area contributed by atoms with Gasteiger partial charge in [0.15, 0.2) is 0 Å². The van der Waals surface area contributed by atoms with Crippen molar-refractivity contribution >= 4 is 51.8 Å². The molecule has 32 heavy (non-hydrogen) atoms. The minimum atomic E-state index is -0.467. The van der Waals surface area contributed by atoms with Crippen molar-refractivity contribution in [2.45, 2.75) is 6.92 Å². The van der Waals surface area contributed by atoms with Crippen LogP contribution in [-0.2, 0) is 0 Å². The number of benzene rings is 4. The monoisotopic (exact) mass is 499 g/mol. The summed E-state index contributed by atoms with van der Waals surface area (Å²) in [5.74, 6) is 0. The van der Waals surface area contributed by atoms with E-state index in [1.54, 1.807) is 18.4 Å². The Morgan fingerprint density at radius 1 is 0.719 bits per heavy atom. The summed E-state index contributed by atoms with van der Waals surface area (Å²) in [5, 5.41) is 13.8. The van der Waals surface area contributed by atoms with Crippen molar-refractivity contribution < 1.29 is 4.42 Å². The molecule has 5 rings (SSSR count).